The first-order valence-corrected chi connectivity index (χ1v) is 7.91. The standard InChI is InChI=1S/C12H27NO2S/c1-6-12(7-2,10-13-5)8-9-16(14,15)11(3)4/h11,13H,6-10H2,1-5H3. The fourth-order valence-electron chi connectivity index (χ4n) is 1.91. The maximum absolute atomic E-state index is 11.8. The highest BCUT2D eigenvalue weighted by molar-refractivity contribution is 7.91. The van der Waals surface area contributed by atoms with Crippen molar-refractivity contribution >= 4 is 9.84 Å². The molecule has 0 aromatic heterocycles. The summed E-state index contributed by atoms with van der Waals surface area (Å²) in [4.78, 5) is 0. The summed E-state index contributed by atoms with van der Waals surface area (Å²) in [6.07, 6.45) is 2.82. The minimum Gasteiger partial charge on any atom is -0.319 e. The van der Waals surface area contributed by atoms with Gasteiger partial charge in [0.2, 0.25) is 0 Å². The van der Waals surface area contributed by atoms with Crippen molar-refractivity contribution in [3.63, 3.8) is 0 Å². The molecule has 0 aliphatic rings. The minimum absolute atomic E-state index is 0.136. The monoisotopic (exact) mass is 249 g/mol. The molecule has 0 saturated carbocycles. The van der Waals surface area contributed by atoms with Crippen LogP contribution in [-0.2, 0) is 9.84 Å². The molecule has 4 heteroatoms. The summed E-state index contributed by atoms with van der Waals surface area (Å²) in [5.74, 6) is 0.314. The highest BCUT2D eigenvalue weighted by Crippen LogP contribution is 2.30. The molecule has 0 bridgehead atoms. The number of nitrogens with one attached hydrogen (secondary N) is 1. The lowest BCUT2D eigenvalue weighted by Crippen LogP contribution is -2.34. The van der Waals surface area contributed by atoms with Crippen molar-refractivity contribution in [2.24, 2.45) is 5.41 Å². The molecule has 0 aliphatic heterocycles. The average Bonchev–Trinajstić information content (AvgIpc) is 2.24. The Hall–Kier alpha value is -0.0900. The Balaban J connectivity index is 4.55. The maximum atomic E-state index is 11.8. The van der Waals surface area contributed by atoms with E-state index < -0.39 is 9.84 Å². The zero-order chi connectivity index (χ0) is 12.8. The van der Waals surface area contributed by atoms with Gasteiger partial charge in [-0.25, -0.2) is 8.42 Å². The Morgan fingerprint density at radius 1 is 1.19 bits per heavy atom. The van der Waals surface area contributed by atoms with Crippen LogP contribution in [0.5, 0.6) is 0 Å². The molecule has 0 saturated heterocycles. The second-order valence-electron chi connectivity index (χ2n) is 4.90. The van der Waals surface area contributed by atoms with Gasteiger partial charge in [0.05, 0.1) is 11.0 Å². The van der Waals surface area contributed by atoms with E-state index in [0.29, 0.717) is 5.75 Å². The number of sulfone groups is 1. The second-order valence-corrected chi connectivity index (χ2v) is 7.58. The Labute approximate surface area is 101 Å². The first-order chi connectivity index (χ1) is 7.33. The van der Waals surface area contributed by atoms with Gasteiger partial charge in [-0.2, -0.15) is 0 Å². The van der Waals surface area contributed by atoms with E-state index in [-0.39, 0.29) is 10.7 Å². The molecule has 0 heterocycles. The van der Waals surface area contributed by atoms with Crippen LogP contribution in [0.2, 0.25) is 0 Å². The van der Waals surface area contributed by atoms with Gasteiger partial charge in [0.25, 0.3) is 0 Å². The fourth-order valence-corrected chi connectivity index (χ4v) is 3.10. The molecular weight excluding hydrogens is 222 g/mol. The molecule has 0 amide bonds. The van der Waals surface area contributed by atoms with Crippen molar-refractivity contribution in [3.8, 4) is 0 Å². The van der Waals surface area contributed by atoms with E-state index in [9.17, 15) is 8.42 Å². The predicted octanol–water partition coefficient (Wildman–Crippen LogP) is 2.23. The smallest absolute Gasteiger partial charge is 0.152 e. The molecule has 0 spiro atoms. The summed E-state index contributed by atoms with van der Waals surface area (Å²) >= 11 is 0. The van der Waals surface area contributed by atoms with Gasteiger partial charge in [-0.15, -0.1) is 0 Å². The molecule has 16 heavy (non-hydrogen) atoms. The van der Waals surface area contributed by atoms with Crippen LogP contribution < -0.4 is 5.32 Å². The van der Waals surface area contributed by atoms with Crippen LogP contribution in [0.3, 0.4) is 0 Å². The molecular formula is C12H27NO2S. The predicted molar refractivity (Wildman–Crippen MR) is 70.5 cm³/mol. The zero-order valence-electron chi connectivity index (χ0n) is 11.3. The van der Waals surface area contributed by atoms with Crippen LogP contribution >= 0.6 is 0 Å². The quantitative estimate of drug-likeness (QED) is 0.717. The summed E-state index contributed by atoms with van der Waals surface area (Å²) in [7, 11) is -0.970. The van der Waals surface area contributed by atoms with Crippen LogP contribution in [0.1, 0.15) is 47.0 Å². The molecule has 1 N–H and O–H groups in total. The Bertz CT molecular complexity index is 279. The van der Waals surface area contributed by atoms with Gasteiger partial charge in [-0.05, 0) is 45.6 Å². The van der Waals surface area contributed by atoms with Crippen LogP contribution in [0.4, 0.5) is 0 Å². The van der Waals surface area contributed by atoms with Gasteiger partial charge in [0.15, 0.2) is 9.84 Å². The SMILES string of the molecule is CCC(CC)(CCS(=O)(=O)C(C)C)CNC. The van der Waals surface area contributed by atoms with E-state index in [1.807, 2.05) is 7.05 Å². The van der Waals surface area contributed by atoms with Crippen LogP contribution in [0.15, 0.2) is 0 Å². The molecule has 98 valence electrons. The number of hydrogen-bond donors (Lipinski definition) is 1. The molecule has 0 atom stereocenters. The lowest BCUT2D eigenvalue weighted by molar-refractivity contribution is 0.245. The largest absolute Gasteiger partial charge is 0.319 e. The molecule has 0 aromatic rings. The minimum atomic E-state index is -2.90. The third-order valence-electron chi connectivity index (χ3n) is 3.69. The Kier molecular flexibility index (Phi) is 6.56. The molecule has 0 aromatic carbocycles. The number of rotatable bonds is 8. The molecule has 0 rings (SSSR count). The summed E-state index contributed by atoms with van der Waals surface area (Å²) in [5, 5.41) is 2.93. The van der Waals surface area contributed by atoms with Crippen molar-refractivity contribution in [3.05, 3.63) is 0 Å². The van der Waals surface area contributed by atoms with Gasteiger partial charge >= 0.3 is 0 Å². The van der Waals surface area contributed by atoms with Crippen LogP contribution in [-0.4, -0.2) is 33.0 Å². The summed E-state index contributed by atoms with van der Waals surface area (Å²) in [5.41, 5.74) is 0.136. The van der Waals surface area contributed by atoms with E-state index in [4.69, 9.17) is 0 Å². The van der Waals surface area contributed by atoms with Crippen molar-refractivity contribution in [1.29, 1.82) is 0 Å². The topological polar surface area (TPSA) is 46.2 Å². The van der Waals surface area contributed by atoms with Gasteiger partial charge in [0.1, 0.15) is 0 Å². The van der Waals surface area contributed by atoms with Crippen LogP contribution in [0, 0.1) is 5.41 Å². The van der Waals surface area contributed by atoms with Crippen molar-refractivity contribution in [2.45, 2.75) is 52.2 Å². The first kappa shape index (κ1) is 15.9. The van der Waals surface area contributed by atoms with Gasteiger partial charge in [-0.1, -0.05) is 13.8 Å². The van der Waals surface area contributed by atoms with Crippen molar-refractivity contribution in [2.75, 3.05) is 19.3 Å². The van der Waals surface area contributed by atoms with Gasteiger partial charge in [0, 0.05) is 6.54 Å². The average molecular weight is 249 g/mol. The molecule has 0 radical (unpaired) electrons. The first-order valence-electron chi connectivity index (χ1n) is 6.19. The molecule has 0 aliphatic carbocycles. The Morgan fingerprint density at radius 3 is 2.00 bits per heavy atom. The molecule has 0 fully saturated rings. The highest BCUT2D eigenvalue weighted by atomic mass is 32.2. The van der Waals surface area contributed by atoms with Gasteiger partial charge < -0.3 is 5.32 Å². The fraction of sp³-hybridized carbons (Fsp3) is 1.00. The van der Waals surface area contributed by atoms with Crippen LogP contribution in [0.25, 0.3) is 0 Å². The third-order valence-corrected chi connectivity index (χ3v) is 5.90. The van der Waals surface area contributed by atoms with E-state index >= 15 is 0 Å². The van der Waals surface area contributed by atoms with E-state index in [1.165, 1.54) is 0 Å². The maximum Gasteiger partial charge on any atom is 0.152 e. The summed E-state index contributed by atoms with van der Waals surface area (Å²) in [6.45, 7) is 8.69. The second kappa shape index (κ2) is 6.60. The summed E-state index contributed by atoms with van der Waals surface area (Å²) < 4.78 is 23.6. The van der Waals surface area contributed by atoms with E-state index in [1.54, 1.807) is 13.8 Å². The third kappa shape index (κ3) is 4.42. The van der Waals surface area contributed by atoms with E-state index in [2.05, 4.69) is 19.2 Å². The molecule has 0 unspecified atom stereocenters. The van der Waals surface area contributed by atoms with Crippen molar-refractivity contribution < 1.29 is 8.42 Å². The van der Waals surface area contributed by atoms with E-state index in [0.717, 1.165) is 25.8 Å². The number of hydrogen-bond acceptors (Lipinski definition) is 3. The normalized spacial score (nSPS) is 13.4. The van der Waals surface area contributed by atoms with Crippen molar-refractivity contribution in [1.82, 2.24) is 5.32 Å². The van der Waals surface area contributed by atoms with Gasteiger partial charge in [-0.3, -0.25) is 0 Å². The lowest BCUT2D eigenvalue weighted by atomic mass is 9.80. The molecule has 3 nitrogen and oxygen atoms in total. The zero-order valence-corrected chi connectivity index (χ0v) is 12.2. The summed E-state index contributed by atoms with van der Waals surface area (Å²) in [6, 6.07) is 0. The Morgan fingerprint density at radius 2 is 1.69 bits per heavy atom. The lowest BCUT2D eigenvalue weighted by Gasteiger charge is -2.31. The highest BCUT2D eigenvalue weighted by Gasteiger charge is 2.28.